The summed E-state index contributed by atoms with van der Waals surface area (Å²) in [5.41, 5.74) is 0.740. The lowest BCUT2D eigenvalue weighted by atomic mass is 9.99. The lowest BCUT2D eigenvalue weighted by Gasteiger charge is -2.39. The van der Waals surface area contributed by atoms with Gasteiger partial charge in [-0.2, -0.15) is 0 Å². The van der Waals surface area contributed by atoms with Crippen molar-refractivity contribution in [1.29, 1.82) is 0 Å². The van der Waals surface area contributed by atoms with E-state index in [0.29, 0.717) is 12.8 Å². The van der Waals surface area contributed by atoms with Crippen LogP contribution in [0.5, 0.6) is 11.5 Å². The smallest absolute Gasteiger partial charge is 0.229 e. The minimum atomic E-state index is -1.56. The second-order valence-corrected chi connectivity index (χ2v) is 5.82. The predicted molar refractivity (Wildman–Crippen MR) is 81.5 cm³/mol. The summed E-state index contributed by atoms with van der Waals surface area (Å²) >= 11 is 0. The molecule has 5 atom stereocenters. The number of aryl methyl sites for hydroxylation is 1. The normalized spacial score (nSPS) is 30.1. The van der Waals surface area contributed by atoms with Gasteiger partial charge < -0.3 is 39.8 Å². The Balaban J connectivity index is 2.08. The zero-order valence-electron chi connectivity index (χ0n) is 13.2. The molecular weight excluding hydrogens is 320 g/mol. The molecule has 1 aliphatic heterocycles. The van der Waals surface area contributed by atoms with Crippen LogP contribution in [0.25, 0.3) is 0 Å². The summed E-state index contributed by atoms with van der Waals surface area (Å²) in [6.45, 7) is 0.914. The van der Waals surface area contributed by atoms with Gasteiger partial charge in [-0.1, -0.05) is 6.07 Å². The fourth-order valence-corrected chi connectivity index (χ4v) is 2.43. The van der Waals surface area contributed by atoms with Gasteiger partial charge in [0, 0.05) is 6.42 Å². The van der Waals surface area contributed by atoms with Gasteiger partial charge in [0.2, 0.25) is 6.29 Å². The number of carbonyl (C=O) groups excluding carboxylic acids is 1. The number of hydrogen-bond donors (Lipinski definition) is 5. The van der Waals surface area contributed by atoms with Crippen LogP contribution in [-0.4, -0.2) is 68.6 Å². The van der Waals surface area contributed by atoms with Crippen LogP contribution < -0.4 is 4.74 Å². The van der Waals surface area contributed by atoms with Crippen LogP contribution in [-0.2, 0) is 16.0 Å². The van der Waals surface area contributed by atoms with E-state index < -0.39 is 37.3 Å². The number of hydrogen-bond acceptors (Lipinski definition) is 8. The fraction of sp³-hybridized carbons (Fsp3) is 0.562. The summed E-state index contributed by atoms with van der Waals surface area (Å²) in [7, 11) is 0. The quantitative estimate of drug-likeness (QED) is 0.448. The highest BCUT2D eigenvalue weighted by Crippen LogP contribution is 2.31. The average molecular weight is 342 g/mol. The van der Waals surface area contributed by atoms with Gasteiger partial charge in [-0.3, -0.25) is 0 Å². The van der Waals surface area contributed by atoms with Crippen molar-refractivity contribution in [2.45, 2.75) is 50.5 Å². The van der Waals surface area contributed by atoms with Gasteiger partial charge in [-0.05, 0) is 31.0 Å². The van der Waals surface area contributed by atoms with Crippen molar-refractivity contribution in [3.05, 3.63) is 23.8 Å². The van der Waals surface area contributed by atoms with Gasteiger partial charge in [0.1, 0.15) is 30.2 Å². The monoisotopic (exact) mass is 342 g/mol. The molecule has 0 aliphatic carbocycles. The van der Waals surface area contributed by atoms with Gasteiger partial charge in [-0.15, -0.1) is 0 Å². The first kappa shape index (κ1) is 18.6. The Hall–Kier alpha value is -1.71. The highest BCUT2D eigenvalue weighted by molar-refractivity contribution is 5.75. The zero-order valence-corrected chi connectivity index (χ0v) is 13.2. The molecular formula is C16H22O8. The first-order valence-corrected chi connectivity index (χ1v) is 7.62. The summed E-state index contributed by atoms with van der Waals surface area (Å²) in [4.78, 5) is 11.0. The van der Waals surface area contributed by atoms with Crippen LogP contribution in [0.4, 0.5) is 0 Å². The van der Waals surface area contributed by atoms with Gasteiger partial charge >= 0.3 is 0 Å². The molecule has 0 unspecified atom stereocenters. The minimum Gasteiger partial charge on any atom is -0.504 e. The van der Waals surface area contributed by atoms with E-state index in [1.54, 1.807) is 6.07 Å². The number of Topliss-reactive ketones (excluding diaryl/α,β-unsaturated/α-hetero) is 1. The third-order valence-electron chi connectivity index (χ3n) is 3.88. The van der Waals surface area contributed by atoms with Crippen molar-refractivity contribution in [2.75, 3.05) is 6.61 Å². The largest absolute Gasteiger partial charge is 0.504 e. The second kappa shape index (κ2) is 7.91. The fourth-order valence-electron chi connectivity index (χ4n) is 2.43. The van der Waals surface area contributed by atoms with Crippen LogP contribution in [0.2, 0.25) is 0 Å². The van der Waals surface area contributed by atoms with Crippen molar-refractivity contribution < 1.29 is 39.8 Å². The number of benzene rings is 1. The van der Waals surface area contributed by atoms with E-state index in [4.69, 9.17) is 14.6 Å². The van der Waals surface area contributed by atoms with Crippen molar-refractivity contribution in [2.24, 2.45) is 0 Å². The van der Waals surface area contributed by atoms with Gasteiger partial charge in [-0.25, -0.2) is 0 Å². The molecule has 1 aromatic carbocycles. The molecule has 0 radical (unpaired) electrons. The summed E-state index contributed by atoms with van der Waals surface area (Å²) < 4.78 is 10.6. The topological polar surface area (TPSA) is 137 Å². The molecule has 0 saturated carbocycles. The Morgan fingerprint density at radius 3 is 2.50 bits per heavy atom. The molecule has 0 spiro atoms. The molecule has 8 nitrogen and oxygen atoms in total. The molecule has 1 fully saturated rings. The highest BCUT2D eigenvalue weighted by Gasteiger charge is 2.44. The zero-order chi connectivity index (χ0) is 17.9. The van der Waals surface area contributed by atoms with E-state index in [1.807, 2.05) is 0 Å². The number of aliphatic hydroxyl groups excluding tert-OH is 4. The maximum Gasteiger partial charge on any atom is 0.229 e. The van der Waals surface area contributed by atoms with Crippen molar-refractivity contribution in [1.82, 2.24) is 0 Å². The van der Waals surface area contributed by atoms with Crippen molar-refractivity contribution >= 4 is 5.78 Å². The Kier molecular flexibility index (Phi) is 6.14. The van der Waals surface area contributed by atoms with E-state index in [2.05, 4.69) is 0 Å². The molecule has 24 heavy (non-hydrogen) atoms. The van der Waals surface area contributed by atoms with E-state index >= 15 is 0 Å². The molecule has 2 rings (SSSR count). The number of carbonyl (C=O) groups is 1. The summed E-state index contributed by atoms with van der Waals surface area (Å²) in [6, 6.07) is 4.54. The number of aliphatic hydroxyl groups is 4. The number of ketones is 1. The molecule has 1 aliphatic rings. The van der Waals surface area contributed by atoms with Crippen LogP contribution in [0, 0.1) is 0 Å². The van der Waals surface area contributed by atoms with E-state index in [-0.39, 0.29) is 17.3 Å². The van der Waals surface area contributed by atoms with Crippen LogP contribution >= 0.6 is 0 Å². The number of phenols is 1. The Labute approximate surface area is 138 Å². The molecule has 1 aromatic rings. The molecule has 1 heterocycles. The second-order valence-electron chi connectivity index (χ2n) is 5.82. The third-order valence-corrected chi connectivity index (χ3v) is 3.88. The van der Waals surface area contributed by atoms with Gasteiger partial charge in [0.05, 0.1) is 6.61 Å². The Bertz CT molecular complexity index is 573. The van der Waals surface area contributed by atoms with Crippen LogP contribution in [0.3, 0.4) is 0 Å². The van der Waals surface area contributed by atoms with Gasteiger partial charge in [0.25, 0.3) is 0 Å². The first-order valence-electron chi connectivity index (χ1n) is 7.62. The molecule has 0 amide bonds. The number of phenolic OH excluding ortho intramolecular Hbond substituents is 1. The van der Waals surface area contributed by atoms with Crippen LogP contribution in [0.1, 0.15) is 18.9 Å². The number of rotatable bonds is 6. The number of aromatic hydroxyl groups is 1. The first-order chi connectivity index (χ1) is 11.3. The lowest BCUT2D eigenvalue weighted by molar-refractivity contribution is -0.277. The average Bonchev–Trinajstić information content (AvgIpc) is 2.55. The van der Waals surface area contributed by atoms with Gasteiger partial charge in [0.15, 0.2) is 11.5 Å². The molecule has 5 N–H and O–H groups in total. The maximum atomic E-state index is 11.0. The molecule has 1 saturated heterocycles. The maximum absolute atomic E-state index is 11.0. The minimum absolute atomic E-state index is 0.00547. The van der Waals surface area contributed by atoms with Crippen molar-refractivity contribution in [3.8, 4) is 11.5 Å². The standard InChI is InChI=1S/C16H22O8/c1-8(18)2-3-9-4-5-11(10(19)6-9)23-16-15(22)14(21)13(20)12(7-17)24-16/h4-6,12-17,19-22H,2-3,7H2,1H3/t12-,13-,14+,15-,16-/m1/s1. The summed E-state index contributed by atoms with van der Waals surface area (Å²) in [5, 5.41) is 48.5. The Morgan fingerprint density at radius 2 is 1.92 bits per heavy atom. The third kappa shape index (κ3) is 4.22. The number of ether oxygens (including phenoxy) is 2. The predicted octanol–water partition coefficient (Wildman–Crippen LogP) is -0.908. The highest BCUT2D eigenvalue weighted by atomic mass is 16.7. The van der Waals surface area contributed by atoms with Crippen LogP contribution in [0.15, 0.2) is 18.2 Å². The molecule has 8 heteroatoms. The summed E-state index contributed by atoms with van der Waals surface area (Å²) in [6.07, 6.45) is -6.22. The van der Waals surface area contributed by atoms with Crippen molar-refractivity contribution in [3.63, 3.8) is 0 Å². The van der Waals surface area contributed by atoms with E-state index in [9.17, 15) is 25.2 Å². The molecule has 134 valence electrons. The van der Waals surface area contributed by atoms with E-state index in [1.165, 1.54) is 19.1 Å². The SMILES string of the molecule is CC(=O)CCc1ccc(O[C@@H]2O[C@H](CO)[C@@H](O)[C@H](O)[C@H]2O)c(O)c1. The summed E-state index contributed by atoms with van der Waals surface area (Å²) in [5.74, 6) is -0.171. The van der Waals surface area contributed by atoms with E-state index in [0.717, 1.165) is 5.56 Å². The Morgan fingerprint density at radius 1 is 1.21 bits per heavy atom. The lowest BCUT2D eigenvalue weighted by Crippen LogP contribution is -2.60. The molecule has 0 bridgehead atoms. The molecule has 0 aromatic heterocycles.